The van der Waals surface area contributed by atoms with E-state index in [0.29, 0.717) is 12.5 Å². The van der Waals surface area contributed by atoms with Crippen LogP contribution < -0.4 is 11.1 Å². The molecule has 1 amide bonds. The normalized spacial score (nSPS) is 23.1. The summed E-state index contributed by atoms with van der Waals surface area (Å²) in [5.41, 5.74) is 8.68. The minimum absolute atomic E-state index is 0.0431. The van der Waals surface area contributed by atoms with Gasteiger partial charge in [0.25, 0.3) is 5.91 Å². The van der Waals surface area contributed by atoms with Crippen molar-refractivity contribution in [3.8, 4) is 0 Å². The predicted octanol–water partition coefficient (Wildman–Crippen LogP) is 2.16. The zero-order valence-corrected chi connectivity index (χ0v) is 11.2. The molecule has 0 bridgehead atoms. The fourth-order valence-electron chi connectivity index (χ4n) is 2.74. The summed E-state index contributed by atoms with van der Waals surface area (Å²) in [5.74, 6) is 0.487. The summed E-state index contributed by atoms with van der Waals surface area (Å²) in [6.07, 6.45) is 3.35. The van der Waals surface area contributed by atoms with E-state index in [4.69, 9.17) is 5.73 Å². The maximum absolute atomic E-state index is 12.3. The quantitative estimate of drug-likeness (QED) is 0.858. The predicted molar refractivity (Wildman–Crippen MR) is 73.6 cm³/mol. The second-order valence-corrected chi connectivity index (χ2v) is 5.33. The lowest BCUT2D eigenvalue weighted by atomic mass is 10.0. The van der Waals surface area contributed by atoms with Gasteiger partial charge in [0.2, 0.25) is 0 Å². The molecule has 1 fully saturated rings. The lowest BCUT2D eigenvalue weighted by molar-refractivity contribution is 0.0928. The second kappa shape index (κ2) is 5.53. The van der Waals surface area contributed by atoms with Crippen LogP contribution in [-0.4, -0.2) is 18.5 Å². The van der Waals surface area contributed by atoms with Crippen LogP contribution in [0.15, 0.2) is 18.2 Å². The molecule has 0 radical (unpaired) electrons. The molecular weight excluding hydrogens is 224 g/mol. The highest BCUT2D eigenvalue weighted by molar-refractivity contribution is 5.96. The Labute approximate surface area is 109 Å². The summed E-state index contributed by atoms with van der Waals surface area (Å²) in [6.45, 7) is 4.65. The van der Waals surface area contributed by atoms with Gasteiger partial charge in [0.1, 0.15) is 0 Å². The van der Waals surface area contributed by atoms with Crippen LogP contribution in [0.2, 0.25) is 0 Å². The molecule has 1 aromatic rings. The number of nitrogens with two attached hydrogens (primary N) is 1. The van der Waals surface area contributed by atoms with Crippen LogP contribution >= 0.6 is 0 Å². The first-order valence-electron chi connectivity index (χ1n) is 6.70. The van der Waals surface area contributed by atoms with E-state index >= 15 is 0 Å². The molecule has 1 aromatic carbocycles. The SMILES string of the molecule is Cc1ccc(C)c(C(=O)NC2CCCC2CN)c1. The molecular formula is C15H22N2O. The molecule has 1 aliphatic rings. The number of carbonyl (C=O) groups is 1. The standard InChI is InChI=1S/C15H22N2O/c1-10-6-7-11(2)13(8-10)15(18)17-14-5-3-4-12(14)9-16/h6-8,12,14H,3-5,9,16H2,1-2H3,(H,17,18). The van der Waals surface area contributed by atoms with Crippen LogP contribution in [0.4, 0.5) is 0 Å². The van der Waals surface area contributed by atoms with Crippen LogP contribution in [0.3, 0.4) is 0 Å². The Kier molecular flexibility index (Phi) is 4.02. The lowest BCUT2D eigenvalue weighted by Gasteiger charge is -2.20. The topological polar surface area (TPSA) is 55.1 Å². The highest BCUT2D eigenvalue weighted by atomic mass is 16.1. The molecule has 98 valence electrons. The van der Waals surface area contributed by atoms with Gasteiger partial charge in [0.05, 0.1) is 0 Å². The average molecular weight is 246 g/mol. The Balaban J connectivity index is 2.09. The van der Waals surface area contributed by atoms with Crippen LogP contribution in [0, 0.1) is 19.8 Å². The molecule has 0 aliphatic heterocycles. The van der Waals surface area contributed by atoms with Crippen molar-refractivity contribution in [2.45, 2.75) is 39.2 Å². The number of amides is 1. The van der Waals surface area contributed by atoms with E-state index in [9.17, 15) is 4.79 Å². The summed E-state index contributed by atoms with van der Waals surface area (Å²) in [6, 6.07) is 6.24. The van der Waals surface area contributed by atoms with Gasteiger partial charge < -0.3 is 11.1 Å². The molecule has 2 rings (SSSR count). The fourth-order valence-corrected chi connectivity index (χ4v) is 2.74. The third kappa shape index (κ3) is 2.72. The van der Waals surface area contributed by atoms with Crippen LogP contribution in [0.1, 0.15) is 40.7 Å². The molecule has 3 N–H and O–H groups in total. The van der Waals surface area contributed by atoms with Gasteiger partial charge in [-0.1, -0.05) is 24.1 Å². The van der Waals surface area contributed by atoms with E-state index in [1.807, 2.05) is 32.0 Å². The number of rotatable bonds is 3. The van der Waals surface area contributed by atoms with E-state index in [2.05, 4.69) is 5.32 Å². The lowest BCUT2D eigenvalue weighted by Crippen LogP contribution is -2.40. The zero-order chi connectivity index (χ0) is 13.1. The highest BCUT2D eigenvalue weighted by Gasteiger charge is 2.27. The smallest absolute Gasteiger partial charge is 0.251 e. The minimum Gasteiger partial charge on any atom is -0.349 e. The van der Waals surface area contributed by atoms with Crippen molar-refractivity contribution in [1.82, 2.24) is 5.32 Å². The fraction of sp³-hybridized carbons (Fsp3) is 0.533. The largest absolute Gasteiger partial charge is 0.349 e. The Morgan fingerprint density at radius 1 is 1.39 bits per heavy atom. The van der Waals surface area contributed by atoms with Crippen molar-refractivity contribution in [2.24, 2.45) is 11.7 Å². The van der Waals surface area contributed by atoms with Crippen molar-refractivity contribution < 1.29 is 4.79 Å². The Morgan fingerprint density at radius 2 is 2.17 bits per heavy atom. The van der Waals surface area contributed by atoms with Gasteiger partial charge in [-0.3, -0.25) is 4.79 Å². The molecule has 0 spiro atoms. The number of hydrogen-bond acceptors (Lipinski definition) is 2. The number of benzene rings is 1. The maximum Gasteiger partial charge on any atom is 0.251 e. The van der Waals surface area contributed by atoms with E-state index in [0.717, 1.165) is 29.5 Å². The first-order valence-corrected chi connectivity index (χ1v) is 6.70. The first-order chi connectivity index (χ1) is 8.61. The number of carbonyl (C=O) groups excluding carboxylic acids is 1. The molecule has 0 aromatic heterocycles. The summed E-state index contributed by atoms with van der Waals surface area (Å²) in [4.78, 5) is 12.3. The van der Waals surface area contributed by atoms with E-state index < -0.39 is 0 Å². The van der Waals surface area contributed by atoms with E-state index in [1.54, 1.807) is 0 Å². The molecule has 0 saturated heterocycles. The van der Waals surface area contributed by atoms with Crippen molar-refractivity contribution in [1.29, 1.82) is 0 Å². The van der Waals surface area contributed by atoms with Crippen molar-refractivity contribution in [3.63, 3.8) is 0 Å². The first kappa shape index (κ1) is 13.1. The average Bonchev–Trinajstić information content (AvgIpc) is 2.79. The summed E-state index contributed by atoms with van der Waals surface area (Å²) >= 11 is 0. The van der Waals surface area contributed by atoms with E-state index in [-0.39, 0.29) is 11.9 Å². The molecule has 0 heterocycles. The van der Waals surface area contributed by atoms with Gasteiger partial charge in [-0.2, -0.15) is 0 Å². The maximum atomic E-state index is 12.3. The minimum atomic E-state index is 0.0431. The molecule has 18 heavy (non-hydrogen) atoms. The third-order valence-corrected chi connectivity index (χ3v) is 3.92. The molecule has 2 atom stereocenters. The van der Waals surface area contributed by atoms with Gasteiger partial charge in [0.15, 0.2) is 0 Å². The molecule has 1 aliphatic carbocycles. The Hall–Kier alpha value is -1.35. The Bertz CT molecular complexity index is 442. The number of aryl methyl sites for hydroxylation is 2. The summed E-state index contributed by atoms with van der Waals surface area (Å²) < 4.78 is 0. The van der Waals surface area contributed by atoms with Crippen LogP contribution in [-0.2, 0) is 0 Å². The van der Waals surface area contributed by atoms with Crippen LogP contribution in [0.25, 0.3) is 0 Å². The number of nitrogens with one attached hydrogen (secondary N) is 1. The molecule has 3 heteroatoms. The van der Waals surface area contributed by atoms with Gasteiger partial charge >= 0.3 is 0 Å². The summed E-state index contributed by atoms with van der Waals surface area (Å²) in [7, 11) is 0. The second-order valence-electron chi connectivity index (χ2n) is 5.33. The third-order valence-electron chi connectivity index (χ3n) is 3.92. The van der Waals surface area contributed by atoms with Gasteiger partial charge in [-0.05, 0) is 50.8 Å². The Morgan fingerprint density at radius 3 is 2.89 bits per heavy atom. The molecule has 1 saturated carbocycles. The van der Waals surface area contributed by atoms with Crippen molar-refractivity contribution >= 4 is 5.91 Å². The van der Waals surface area contributed by atoms with E-state index in [1.165, 1.54) is 6.42 Å². The van der Waals surface area contributed by atoms with Crippen molar-refractivity contribution in [2.75, 3.05) is 6.54 Å². The summed E-state index contributed by atoms with van der Waals surface area (Å²) in [5, 5.41) is 3.15. The van der Waals surface area contributed by atoms with Crippen LogP contribution in [0.5, 0.6) is 0 Å². The van der Waals surface area contributed by atoms with Gasteiger partial charge in [-0.25, -0.2) is 0 Å². The highest BCUT2D eigenvalue weighted by Crippen LogP contribution is 2.25. The monoisotopic (exact) mass is 246 g/mol. The molecule has 2 unspecified atom stereocenters. The van der Waals surface area contributed by atoms with Gasteiger partial charge in [-0.15, -0.1) is 0 Å². The molecule has 3 nitrogen and oxygen atoms in total. The zero-order valence-electron chi connectivity index (χ0n) is 11.2. The van der Waals surface area contributed by atoms with Gasteiger partial charge in [0, 0.05) is 11.6 Å². The number of hydrogen-bond donors (Lipinski definition) is 2. The van der Waals surface area contributed by atoms with Crippen molar-refractivity contribution in [3.05, 3.63) is 34.9 Å².